The molecule has 0 unspecified atom stereocenters. The lowest BCUT2D eigenvalue weighted by Gasteiger charge is -2.18. The highest BCUT2D eigenvalue weighted by Gasteiger charge is 2.15. The van der Waals surface area contributed by atoms with Gasteiger partial charge in [0.05, 0.1) is 6.54 Å². The van der Waals surface area contributed by atoms with Gasteiger partial charge in [-0.2, -0.15) is 0 Å². The fraction of sp³-hybridized carbons (Fsp3) is 0.222. The summed E-state index contributed by atoms with van der Waals surface area (Å²) in [6.45, 7) is 1.57. The number of hydrogen-bond acceptors (Lipinski definition) is 3. The molecule has 0 amide bonds. The number of benzene rings is 2. The Kier molecular flexibility index (Phi) is 3.93. The van der Waals surface area contributed by atoms with E-state index in [0.717, 1.165) is 24.4 Å². The van der Waals surface area contributed by atoms with Crippen molar-refractivity contribution in [2.24, 2.45) is 0 Å². The second-order valence-electron chi connectivity index (χ2n) is 5.22. The first-order valence-electron chi connectivity index (χ1n) is 7.19. The predicted molar refractivity (Wildman–Crippen MR) is 87.5 cm³/mol. The average molecular weight is 280 g/mol. The Labute approximate surface area is 125 Å². The molecule has 3 aromatic rings. The fourth-order valence-electron chi connectivity index (χ4n) is 2.64. The molecule has 1 aromatic heterocycles. The summed E-state index contributed by atoms with van der Waals surface area (Å²) in [7, 11) is 4.05. The third-order valence-corrected chi connectivity index (χ3v) is 3.71. The number of rotatable bonds is 5. The first-order chi connectivity index (χ1) is 10.3. The van der Waals surface area contributed by atoms with Crippen molar-refractivity contribution >= 4 is 16.7 Å². The quantitative estimate of drug-likeness (QED) is 0.771. The monoisotopic (exact) mass is 280 g/mol. The van der Waals surface area contributed by atoms with Crippen LogP contribution in [0.25, 0.3) is 11.0 Å². The van der Waals surface area contributed by atoms with E-state index in [2.05, 4.69) is 53.7 Å². The summed E-state index contributed by atoms with van der Waals surface area (Å²) in [6.07, 6.45) is 0. The molecular weight excluding hydrogens is 260 g/mol. The van der Waals surface area contributed by atoms with E-state index in [4.69, 9.17) is 4.42 Å². The number of nitrogens with one attached hydrogen (secondary N) is 1. The van der Waals surface area contributed by atoms with Crippen molar-refractivity contribution in [3.05, 3.63) is 65.9 Å². The molecule has 0 aliphatic heterocycles. The molecule has 2 aromatic carbocycles. The van der Waals surface area contributed by atoms with Crippen LogP contribution in [-0.2, 0) is 13.1 Å². The van der Waals surface area contributed by atoms with Gasteiger partial charge in [0, 0.05) is 30.2 Å². The van der Waals surface area contributed by atoms with Crippen LogP contribution in [0.1, 0.15) is 11.3 Å². The minimum absolute atomic E-state index is 0.760. The summed E-state index contributed by atoms with van der Waals surface area (Å²) in [5.74, 6) is 1.02. The molecule has 0 atom stereocenters. The van der Waals surface area contributed by atoms with E-state index in [9.17, 15) is 0 Å². The Morgan fingerprint density at radius 1 is 1.00 bits per heavy atom. The number of fused-ring (bicyclic) bond motifs is 1. The normalized spacial score (nSPS) is 11.0. The number of anilines is 1. The van der Waals surface area contributed by atoms with Gasteiger partial charge in [0.2, 0.25) is 0 Å². The van der Waals surface area contributed by atoms with Gasteiger partial charge in [0.1, 0.15) is 11.3 Å². The van der Waals surface area contributed by atoms with Crippen molar-refractivity contribution in [2.75, 3.05) is 19.0 Å². The summed E-state index contributed by atoms with van der Waals surface area (Å²) in [5, 5.41) is 4.43. The molecule has 0 aliphatic carbocycles. The zero-order valence-electron chi connectivity index (χ0n) is 12.5. The molecule has 0 aliphatic rings. The molecular formula is C18H20N2O. The first kappa shape index (κ1) is 13.7. The van der Waals surface area contributed by atoms with Gasteiger partial charge < -0.3 is 14.6 Å². The molecule has 108 valence electrons. The zero-order chi connectivity index (χ0) is 14.7. The minimum atomic E-state index is 0.760. The van der Waals surface area contributed by atoms with E-state index in [-0.39, 0.29) is 0 Å². The molecule has 1 heterocycles. The van der Waals surface area contributed by atoms with Gasteiger partial charge in [0.25, 0.3) is 0 Å². The Morgan fingerprint density at radius 3 is 2.48 bits per heavy atom. The standard InChI is InChI=1S/C18H20N2O/c1-19-12-16-15-10-6-7-11-17(15)21-18(16)13-20(2)14-8-4-3-5-9-14/h3-11,19H,12-13H2,1-2H3. The van der Waals surface area contributed by atoms with Gasteiger partial charge >= 0.3 is 0 Å². The number of nitrogens with zero attached hydrogens (tertiary/aromatic N) is 1. The van der Waals surface area contributed by atoms with Crippen molar-refractivity contribution in [3.8, 4) is 0 Å². The van der Waals surface area contributed by atoms with Crippen molar-refractivity contribution in [1.29, 1.82) is 0 Å². The molecule has 3 heteroatoms. The zero-order valence-corrected chi connectivity index (χ0v) is 12.5. The van der Waals surface area contributed by atoms with E-state index in [1.807, 2.05) is 25.2 Å². The lowest BCUT2D eigenvalue weighted by molar-refractivity contribution is 0.536. The molecule has 0 spiro atoms. The Bertz CT molecular complexity index is 718. The first-order valence-corrected chi connectivity index (χ1v) is 7.19. The minimum Gasteiger partial charge on any atom is -0.459 e. The molecule has 0 saturated heterocycles. The van der Waals surface area contributed by atoms with Crippen molar-refractivity contribution in [1.82, 2.24) is 5.32 Å². The second-order valence-corrected chi connectivity index (χ2v) is 5.22. The second kappa shape index (κ2) is 6.02. The highest BCUT2D eigenvalue weighted by molar-refractivity contribution is 5.82. The lowest BCUT2D eigenvalue weighted by Crippen LogP contribution is -2.17. The molecule has 0 bridgehead atoms. The summed E-state index contributed by atoms with van der Waals surface area (Å²) >= 11 is 0. The van der Waals surface area contributed by atoms with Gasteiger partial charge in [-0.25, -0.2) is 0 Å². The summed E-state index contributed by atoms with van der Waals surface area (Å²) in [6, 6.07) is 18.6. The SMILES string of the molecule is CNCc1c(CN(C)c2ccccc2)oc2ccccc12. The third kappa shape index (κ3) is 2.78. The fourth-order valence-corrected chi connectivity index (χ4v) is 2.64. The van der Waals surface area contributed by atoms with Crippen molar-refractivity contribution < 1.29 is 4.42 Å². The van der Waals surface area contributed by atoms with E-state index < -0.39 is 0 Å². The van der Waals surface area contributed by atoms with Gasteiger partial charge in [-0.3, -0.25) is 0 Å². The van der Waals surface area contributed by atoms with Crippen LogP contribution in [0.2, 0.25) is 0 Å². The van der Waals surface area contributed by atoms with E-state index >= 15 is 0 Å². The molecule has 0 radical (unpaired) electrons. The maximum Gasteiger partial charge on any atom is 0.134 e. The van der Waals surface area contributed by atoms with Crippen molar-refractivity contribution in [2.45, 2.75) is 13.1 Å². The van der Waals surface area contributed by atoms with E-state index in [1.54, 1.807) is 0 Å². The largest absolute Gasteiger partial charge is 0.459 e. The average Bonchev–Trinajstić information content (AvgIpc) is 2.86. The van der Waals surface area contributed by atoms with E-state index in [1.165, 1.54) is 16.6 Å². The van der Waals surface area contributed by atoms with Gasteiger partial charge in [0.15, 0.2) is 0 Å². The van der Waals surface area contributed by atoms with E-state index in [0.29, 0.717) is 0 Å². The summed E-state index contributed by atoms with van der Waals surface area (Å²) in [4.78, 5) is 2.21. The highest BCUT2D eigenvalue weighted by Crippen LogP contribution is 2.27. The topological polar surface area (TPSA) is 28.4 Å². The predicted octanol–water partition coefficient (Wildman–Crippen LogP) is 3.79. The molecule has 1 N–H and O–H groups in total. The summed E-state index contributed by atoms with van der Waals surface area (Å²) < 4.78 is 6.06. The Balaban J connectivity index is 1.94. The molecule has 21 heavy (non-hydrogen) atoms. The maximum absolute atomic E-state index is 6.06. The Morgan fingerprint density at radius 2 is 1.71 bits per heavy atom. The van der Waals surface area contributed by atoms with Crippen LogP contribution in [-0.4, -0.2) is 14.1 Å². The van der Waals surface area contributed by atoms with Gasteiger partial charge in [-0.1, -0.05) is 36.4 Å². The number of furan rings is 1. The van der Waals surface area contributed by atoms with Crippen LogP contribution in [0.4, 0.5) is 5.69 Å². The number of hydrogen-bond donors (Lipinski definition) is 1. The molecule has 0 saturated carbocycles. The van der Waals surface area contributed by atoms with Gasteiger partial charge in [-0.15, -0.1) is 0 Å². The van der Waals surface area contributed by atoms with Crippen LogP contribution in [0.5, 0.6) is 0 Å². The van der Waals surface area contributed by atoms with Crippen LogP contribution in [0.15, 0.2) is 59.0 Å². The van der Waals surface area contributed by atoms with Crippen LogP contribution < -0.4 is 10.2 Å². The third-order valence-electron chi connectivity index (χ3n) is 3.71. The number of para-hydroxylation sites is 2. The maximum atomic E-state index is 6.06. The van der Waals surface area contributed by atoms with Crippen LogP contribution >= 0.6 is 0 Å². The lowest BCUT2D eigenvalue weighted by atomic mass is 10.1. The Hall–Kier alpha value is -2.26. The van der Waals surface area contributed by atoms with Crippen LogP contribution in [0.3, 0.4) is 0 Å². The molecule has 3 nitrogen and oxygen atoms in total. The smallest absolute Gasteiger partial charge is 0.134 e. The van der Waals surface area contributed by atoms with Crippen molar-refractivity contribution in [3.63, 3.8) is 0 Å². The molecule has 0 fully saturated rings. The molecule has 3 rings (SSSR count). The summed E-state index contributed by atoms with van der Waals surface area (Å²) in [5.41, 5.74) is 3.39. The van der Waals surface area contributed by atoms with Crippen LogP contribution in [0, 0.1) is 0 Å². The van der Waals surface area contributed by atoms with Gasteiger partial charge in [-0.05, 0) is 25.2 Å². The highest BCUT2D eigenvalue weighted by atomic mass is 16.3.